The van der Waals surface area contributed by atoms with Crippen LogP contribution in [0, 0.1) is 5.92 Å². The predicted octanol–water partition coefficient (Wildman–Crippen LogP) is 3.26. The highest BCUT2D eigenvalue weighted by atomic mass is 14.9. The van der Waals surface area contributed by atoms with Gasteiger partial charge in [0.1, 0.15) is 0 Å². The van der Waals surface area contributed by atoms with Crippen LogP contribution >= 0.6 is 0 Å². The zero-order chi connectivity index (χ0) is 10.7. The van der Waals surface area contributed by atoms with Crippen molar-refractivity contribution in [3.05, 3.63) is 24.3 Å². The van der Waals surface area contributed by atoms with Gasteiger partial charge < -0.3 is 11.1 Å². The van der Waals surface area contributed by atoms with Crippen LogP contribution in [-0.4, -0.2) is 6.04 Å². The first-order valence-electron chi connectivity index (χ1n) is 5.86. The molecule has 0 unspecified atom stereocenters. The fraction of sp³-hybridized carbons (Fsp3) is 0.538. The molecule has 0 heterocycles. The Kier molecular flexibility index (Phi) is 3.14. The van der Waals surface area contributed by atoms with E-state index in [0.29, 0.717) is 6.04 Å². The molecule has 0 aliphatic heterocycles. The van der Waals surface area contributed by atoms with Crippen LogP contribution in [0.25, 0.3) is 0 Å². The zero-order valence-electron chi connectivity index (χ0n) is 9.37. The minimum absolute atomic E-state index is 0.657. The van der Waals surface area contributed by atoms with Crippen molar-refractivity contribution in [1.82, 2.24) is 0 Å². The molecule has 82 valence electrons. The first-order valence-corrected chi connectivity index (χ1v) is 5.86. The lowest BCUT2D eigenvalue weighted by molar-refractivity contribution is 0.361. The van der Waals surface area contributed by atoms with Crippen molar-refractivity contribution in [3.8, 4) is 0 Å². The minimum atomic E-state index is 0.657. The van der Waals surface area contributed by atoms with Crippen LogP contribution < -0.4 is 11.1 Å². The molecule has 0 amide bonds. The van der Waals surface area contributed by atoms with Gasteiger partial charge in [0.25, 0.3) is 0 Å². The van der Waals surface area contributed by atoms with E-state index in [2.05, 4.69) is 24.4 Å². The molecule has 0 spiro atoms. The van der Waals surface area contributed by atoms with E-state index in [1.807, 2.05) is 12.1 Å². The quantitative estimate of drug-likeness (QED) is 0.726. The van der Waals surface area contributed by atoms with Gasteiger partial charge in [0, 0.05) is 17.4 Å². The molecule has 1 aromatic carbocycles. The highest BCUT2D eigenvalue weighted by Crippen LogP contribution is 2.26. The summed E-state index contributed by atoms with van der Waals surface area (Å²) in [5.41, 5.74) is 7.68. The van der Waals surface area contributed by atoms with E-state index in [4.69, 9.17) is 5.73 Å². The lowest BCUT2D eigenvalue weighted by Gasteiger charge is -2.27. The highest BCUT2D eigenvalue weighted by molar-refractivity contribution is 5.51. The van der Waals surface area contributed by atoms with Crippen LogP contribution in [0.15, 0.2) is 24.3 Å². The Morgan fingerprint density at radius 1 is 1.07 bits per heavy atom. The summed E-state index contributed by atoms with van der Waals surface area (Å²) in [5, 5.41) is 3.57. The first kappa shape index (κ1) is 10.3. The van der Waals surface area contributed by atoms with Crippen molar-refractivity contribution in [2.24, 2.45) is 5.92 Å². The van der Waals surface area contributed by atoms with Crippen molar-refractivity contribution in [1.29, 1.82) is 0 Å². The van der Waals surface area contributed by atoms with Crippen LogP contribution in [0.1, 0.15) is 32.6 Å². The Hall–Kier alpha value is -1.18. The number of rotatable bonds is 2. The van der Waals surface area contributed by atoms with Gasteiger partial charge in [0.05, 0.1) is 0 Å². The zero-order valence-corrected chi connectivity index (χ0v) is 9.37. The van der Waals surface area contributed by atoms with Crippen molar-refractivity contribution < 1.29 is 0 Å². The van der Waals surface area contributed by atoms with Gasteiger partial charge in [0.2, 0.25) is 0 Å². The molecule has 1 aliphatic carbocycles. The Labute approximate surface area is 91.9 Å². The number of nitrogens with two attached hydrogens (primary N) is 1. The number of anilines is 2. The number of hydrogen-bond donors (Lipinski definition) is 2. The van der Waals surface area contributed by atoms with Gasteiger partial charge in [-0.15, -0.1) is 0 Å². The Morgan fingerprint density at radius 2 is 1.67 bits per heavy atom. The molecule has 2 rings (SSSR count). The maximum absolute atomic E-state index is 5.65. The van der Waals surface area contributed by atoms with Gasteiger partial charge in [-0.2, -0.15) is 0 Å². The molecule has 0 atom stereocenters. The summed E-state index contributed by atoms with van der Waals surface area (Å²) < 4.78 is 0. The molecule has 2 heteroatoms. The fourth-order valence-corrected chi connectivity index (χ4v) is 2.22. The fourth-order valence-electron chi connectivity index (χ4n) is 2.22. The van der Waals surface area contributed by atoms with E-state index in [-0.39, 0.29) is 0 Å². The van der Waals surface area contributed by atoms with E-state index in [0.717, 1.165) is 11.6 Å². The third kappa shape index (κ3) is 2.88. The smallest absolute Gasteiger partial charge is 0.0343 e. The average molecular weight is 204 g/mol. The van der Waals surface area contributed by atoms with Crippen molar-refractivity contribution in [3.63, 3.8) is 0 Å². The summed E-state index contributed by atoms with van der Waals surface area (Å²) in [5.74, 6) is 0.912. The van der Waals surface area contributed by atoms with Gasteiger partial charge in [-0.3, -0.25) is 0 Å². The largest absolute Gasteiger partial charge is 0.399 e. The van der Waals surface area contributed by atoms with Crippen molar-refractivity contribution >= 4 is 11.4 Å². The molecule has 0 radical (unpaired) electrons. The minimum Gasteiger partial charge on any atom is -0.399 e. The average Bonchev–Trinajstić information content (AvgIpc) is 2.25. The SMILES string of the molecule is CC1CCC(Nc2ccc(N)cc2)CC1. The Morgan fingerprint density at radius 3 is 2.27 bits per heavy atom. The second kappa shape index (κ2) is 4.56. The van der Waals surface area contributed by atoms with Crippen LogP contribution in [0.4, 0.5) is 11.4 Å². The third-order valence-corrected chi connectivity index (χ3v) is 3.30. The number of benzene rings is 1. The van der Waals surface area contributed by atoms with Crippen LogP contribution in [0.2, 0.25) is 0 Å². The van der Waals surface area contributed by atoms with Crippen molar-refractivity contribution in [2.75, 3.05) is 11.1 Å². The van der Waals surface area contributed by atoms with E-state index < -0.39 is 0 Å². The highest BCUT2D eigenvalue weighted by Gasteiger charge is 2.17. The molecule has 1 aromatic rings. The lowest BCUT2D eigenvalue weighted by Crippen LogP contribution is -2.25. The molecule has 0 bridgehead atoms. The first-order chi connectivity index (χ1) is 7.24. The molecular weight excluding hydrogens is 184 g/mol. The van der Waals surface area contributed by atoms with Gasteiger partial charge >= 0.3 is 0 Å². The van der Waals surface area contributed by atoms with Crippen molar-refractivity contribution in [2.45, 2.75) is 38.6 Å². The van der Waals surface area contributed by atoms with Crippen LogP contribution in [0.3, 0.4) is 0 Å². The van der Waals surface area contributed by atoms with E-state index >= 15 is 0 Å². The Balaban J connectivity index is 1.89. The molecule has 1 saturated carbocycles. The maximum atomic E-state index is 5.65. The standard InChI is InChI=1S/C13H20N2/c1-10-2-6-12(7-3-10)15-13-8-4-11(14)5-9-13/h4-5,8-10,12,15H,2-3,6-7,14H2,1H3. The third-order valence-electron chi connectivity index (χ3n) is 3.30. The van der Waals surface area contributed by atoms with Crippen LogP contribution in [-0.2, 0) is 0 Å². The predicted molar refractivity (Wildman–Crippen MR) is 65.9 cm³/mol. The maximum Gasteiger partial charge on any atom is 0.0343 e. The van der Waals surface area contributed by atoms with Gasteiger partial charge in [-0.05, 0) is 55.9 Å². The normalized spacial score (nSPS) is 26.2. The molecule has 0 aromatic heterocycles. The molecule has 3 N–H and O–H groups in total. The summed E-state index contributed by atoms with van der Waals surface area (Å²) in [6.07, 6.45) is 5.30. The molecule has 0 saturated heterocycles. The molecule has 2 nitrogen and oxygen atoms in total. The summed E-state index contributed by atoms with van der Waals surface area (Å²) in [6, 6.07) is 8.69. The lowest BCUT2D eigenvalue weighted by atomic mass is 9.87. The second-order valence-corrected chi connectivity index (χ2v) is 4.72. The monoisotopic (exact) mass is 204 g/mol. The van der Waals surface area contributed by atoms with E-state index in [1.165, 1.54) is 31.4 Å². The number of hydrogen-bond acceptors (Lipinski definition) is 2. The number of nitrogen functional groups attached to an aromatic ring is 1. The summed E-state index contributed by atoms with van der Waals surface area (Å²) in [7, 11) is 0. The number of nitrogens with one attached hydrogen (secondary N) is 1. The summed E-state index contributed by atoms with van der Waals surface area (Å²) >= 11 is 0. The van der Waals surface area contributed by atoms with Gasteiger partial charge in [-0.1, -0.05) is 6.92 Å². The van der Waals surface area contributed by atoms with Gasteiger partial charge in [-0.25, -0.2) is 0 Å². The van der Waals surface area contributed by atoms with E-state index in [1.54, 1.807) is 0 Å². The molecule has 15 heavy (non-hydrogen) atoms. The topological polar surface area (TPSA) is 38.0 Å². The molecular formula is C13H20N2. The molecule has 1 aliphatic rings. The van der Waals surface area contributed by atoms with Gasteiger partial charge in [0.15, 0.2) is 0 Å². The summed E-state index contributed by atoms with van der Waals surface area (Å²) in [6.45, 7) is 2.35. The summed E-state index contributed by atoms with van der Waals surface area (Å²) in [4.78, 5) is 0. The molecule has 1 fully saturated rings. The van der Waals surface area contributed by atoms with E-state index in [9.17, 15) is 0 Å². The second-order valence-electron chi connectivity index (χ2n) is 4.72. The Bertz CT molecular complexity index is 297. The van der Waals surface area contributed by atoms with Crippen LogP contribution in [0.5, 0.6) is 0 Å².